The summed E-state index contributed by atoms with van der Waals surface area (Å²) in [5, 5.41) is 1.01. The van der Waals surface area contributed by atoms with Crippen molar-refractivity contribution in [1.82, 2.24) is 0 Å². The molecule has 0 aliphatic rings. The lowest BCUT2D eigenvalue weighted by molar-refractivity contribution is 0.865. The Balaban J connectivity index is 2.51. The highest BCUT2D eigenvalue weighted by molar-refractivity contribution is 9.11. The number of hydrogen-bond donors (Lipinski definition) is 1. The minimum atomic E-state index is -0.330. The van der Waals surface area contributed by atoms with E-state index in [1.165, 1.54) is 0 Å². The molecule has 0 saturated heterocycles. The van der Waals surface area contributed by atoms with Crippen molar-refractivity contribution in [3.8, 4) is 0 Å². The van der Waals surface area contributed by atoms with Crippen LogP contribution in [0.15, 0.2) is 45.3 Å². The van der Waals surface area contributed by atoms with Gasteiger partial charge in [0.2, 0.25) is 0 Å². The first-order valence-electron chi connectivity index (χ1n) is 5.15. The fourth-order valence-electron chi connectivity index (χ4n) is 1.68. The second-order valence-corrected chi connectivity index (χ2v) is 6.34. The van der Waals surface area contributed by atoms with Gasteiger partial charge >= 0.3 is 0 Å². The van der Waals surface area contributed by atoms with Crippen LogP contribution in [0.5, 0.6) is 0 Å². The molecule has 0 radical (unpaired) electrons. The van der Waals surface area contributed by atoms with Crippen LogP contribution >= 0.6 is 55.1 Å². The van der Waals surface area contributed by atoms with E-state index in [0.29, 0.717) is 10.0 Å². The summed E-state index contributed by atoms with van der Waals surface area (Å²) in [4.78, 5) is 0. The molecule has 1 nitrogen and oxygen atoms in total. The molecule has 18 heavy (non-hydrogen) atoms. The Kier molecular flexibility index (Phi) is 4.73. The fraction of sp³-hybridized carbons (Fsp3) is 0.0769. The average molecular weight is 410 g/mol. The van der Waals surface area contributed by atoms with Crippen molar-refractivity contribution in [2.45, 2.75) is 6.04 Å². The Morgan fingerprint density at radius 2 is 1.72 bits per heavy atom. The van der Waals surface area contributed by atoms with Crippen molar-refractivity contribution in [3.63, 3.8) is 0 Å². The molecule has 2 aromatic carbocycles. The summed E-state index contributed by atoms with van der Waals surface area (Å²) in [6, 6.07) is 11.0. The first kappa shape index (κ1) is 14.4. The summed E-state index contributed by atoms with van der Waals surface area (Å²) < 4.78 is 1.91. The van der Waals surface area contributed by atoms with E-state index in [1.54, 1.807) is 6.07 Å². The van der Waals surface area contributed by atoms with Crippen molar-refractivity contribution in [2.24, 2.45) is 5.73 Å². The van der Waals surface area contributed by atoms with E-state index in [2.05, 4.69) is 31.9 Å². The summed E-state index contributed by atoms with van der Waals surface area (Å²) >= 11 is 19.1. The molecule has 0 aromatic heterocycles. The average Bonchev–Trinajstić information content (AvgIpc) is 2.35. The summed E-state index contributed by atoms with van der Waals surface area (Å²) in [6.07, 6.45) is 0. The molecule has 0 heterocycles. The number of rotatable bonds is 2. The highest BCUT2D eigenvalue weighted by Gasteiger charge is 2.16. The van der Waals surface area contributed by atoms with Crippen LogP contribution < -0.4 is 5.73 Å². The molecule has 1 atom stereocenters. The normalized spacial score (nSPS) is 12.5. The molecule has 0 amide bonds. The standard InChI is InChI=1S/C13H9Br2Cl2N/c14-7-4-5-10(15)9(6-7)13(18)8-2-1-3-11(16)12(8)17/h1-6,13H,18H2. The highest BCUT2D eigenvalue weighted by Crippen LogP contribution is 2.35. The highest BCUT2D eigenvalue weighted by atomic mass is 79.9. The van der Waals surface area contributed by atoms with Gasteiger partial charge in [-0.15, -0.1) is 0 Å². The van der Waals surface area contributed by atoms with Crippen LogP contribution in [0.2, 0.25) is 10.0 Å². The van der Waals surface area contributed by atoms with E-state index in [0.717, 1.165) is 20.1 Å². The van der Waals surface area contributed by atoms with E-state index in [4.69, 9.17) is 28.9 Å². The Bertz CT molecular complexity index is 585. The van der Waals surface area contributed by atoms with Gasteiger partial charge < -0.3 is 5.73 Å². The SMILES string of the molecule is NC(c1cc(Br)ccc1Br)c1cccc(Cl)c1Cl. The van der Waals surface area contributed by atoms with Crippen molar-refractivity contribution in [3.05, 3.63) is 66.5 Å². The second-order valence-electron chi connectivity index (χ2n) is 3.79. The smallest absolute Gasteiger partial charge is 0.0643 e. The maximum atomic E-state index is 6.26. The summed E-state index contributed by atoms with van der Waals surface area (Å²) in [6.45, 7) is 0. The molecule has 1 unspecified atom stereocenters. The molecule has 94 valence electrons. The zero-order chi connectivity index (χ0) is 13.3. The van der Waals surface area contributed by atoms with Gasteiger partial charge in [-0.05, 0) is 35.4 Å². The van der Waals surface area contributed by atoms with Crippen molar-refractivity contribution >= 4 is 55.1 Å². The number of hydrogen-bond acceptors (Lipinski definition) is 1. The van der Waals surface area contributed by atoms with E-state index in [9.17, 15) is 0 Å². The number of halogens is 4. The maximum absolute atomic E-state index is 6.26. The van der Waals surface area contributed by atoms with Gasteiger partial charge in [0.05, 0.1) is 16.1 Å². The van der Waals surface area contributed by atoms with E-state index in [1.807, 2.05) is 30.3 Å². The second kappa shape index (κ2) is 5.93. The van der Waals surface area contributed by atoms with Gasteiger partial charge in [-0.3, -0.25) is 0 Å². The third kappa shape index (κ3) is 2.91. The molecule has 0 bridgehead atoms. The summed E-state index contributed by atoms with van der Waals surface area (Å²) in [5.41, 5.74) is 8.02. The Labute approximate surface area is 133 Å². The first-order chi connectivity index (χ1) is 8.50. The lowest BCUT2D eigenvalue weighted by Crippen LogP contribution is -2.13. The van der Waals surface area contributed by atoms with E-state index < -0.39 is 0 Å². The molecule has 0 spiro atoms. The number of nitrogens with two attached hydrogens (primary N) is 1. The summed E-state index contributed by atoms with van der Waals surface area (Å²) in [7, 11) is 0. The van der Waals surface area contributed by atoms with Crippen LogP contribution in [0.3, 0.4) is 0 Å². The van der Waals surface area contributed by atoms with Gasteiger partial charge in [0, 0.05) is 8.95 Å². The van der Waals surface area contributed by atoms with Crippen LogP contribution in [-0.2, 0) is 0 Å². The Morgan fingerprint density at radius 1 is 1.00 bits per heavy atom. The lowest BCUT2D eigenvalue weighted by Gasteiger charge is -2.16. The molecule has 0 aliphatic heterocycles. The zero-order valence-corrected chi connectivity index (χ0v) is 13.8. The first-order valence-corrected chi connectivity index (χ1v) is 7.49. The maximum Gasteiger partial charge on any atom is 0.0643 e. The van der Waals surface area contributed by atoms with E-state index in [-0.39, 0.29) is 6.04 Å². The third-order valence-corrected chi connectivity index (χ3v) is 4.66. The molecule has 5 heteroatoms. The van der Waals surface area contributed by atoms with Crippen molar-refractivity contribution in [2.75, 3.05) is 0 Å². The predicted molar refractivity (Wildman–Crippen MR) is 84.3 cm³/mol. The molecule has 0 saturated carbocycles. The minimum absolute atomic E-state index is 0.330. The monoisotopic (exact) mass is 407 g/mol. The van der Waals surface area contributed by atoms with Crippen LogP contribution in [-0.4, -0.2) is 0 Å². The van der Waals surface area contributed by atoms with Gasteiger partial charge in [0.15, 0.2) is 0 Å². The van der Waals surface area contributed by atoms with Crippen molar-refractivity contribution < 1.29 is 0 Å². The third-order valence-electron chi connectivity index (χ3n) is 2.61. The molecule has 2 aromatic rings. The fourth-order valence-corrected chi connectivity index (χ4v) is 2.98. The van der Waals surface area contributed by atoms with Gasteiger partial charge in [-0.2, -0.15) is 0 Å². The van der Waals surface area contributed by atoms with Crippen LogP contribution in [0, 0.1) is 0 Å². The molecule has 0 aliphatic carbocycles. The van der Waals surface area contributed by atoms with Crippen LogP contribution in [0.1, 0.15) is 17.2 Å². The number of benzene rings is 2. The summed E-state index contributed by atoms with van der Waals surface area (Å²) in [5.74, 6) is 0. The predicted octanol–water partition coefficient (Wildman–Crippen LogP) is 5.57. The van der Waals surface area contributed by atoms with E-state index >= 15 is 0 Å². The molecule has 0 fully saturated rings. The van der Waals surface area contributed by atoms with Gasteiger partial charge in [-0.25, -0.2) is 0 Å². The van der Waals surface area contributed by atoms with Gasteiger partial charge in [-0.1, -0.05) is 67.2 Å². The van der Waals surface area contributed by atoms with Gasteiger partial charge in [0.1, 0.15) is 0 Å². The van der Waals surface area contributed by atoms with Crippen LogP contribution in [0.25, 0.3) is 0 Å². The van der Waals surface area contributed by atoms with Crippen LogP contribution in [0.4, 0.5) is 0 Å². The van der Waals surface area contributed by atoms with Gasteiger partial charge in [0.25, 0.3) is 0 Å². The Hall–Kier alpha value is -0.0600. The molecular formula is C13H9Br2Cl2N. The molecule has 2 N–H and O–H groups in total. The molecular weight excluding hydrogens is 401 g/mol. The molecule has 2 rings (SSSR count). The topological polar surface area (TPSA) is 26.0 Å². The Morgan fingerprint density at radius 3 is 2.44 bits per heavy atom. The van der Waals surface area contributed by atoms with Crippen molar-refractivity contribution in [1.29, 1.82) is 0 Å². The zero-order valence-electron chi connectivity index (χ0n) is 9.13. The largest absolute Gasteiger partial charge is 0.320 e. The minimum Gasteiger partial charge on any atom is -0.320 e. The quantitative estimate of drug-likeness (QED) is 0.689. The lowest BCUT2D eigenvalue weighted by atomic mass is 10.00.